The summed E-state index contributed by atoms with van der Waals surface area (Å²) < 4.78 is 17.8. The number of esters is 2. The van der Waals surface area contributed by atoms with Crippen LogP contribution in [0.15, 0.2) is 69.6 Å². The van der Waals surface area contributed by atoms with Crippen molar-refractivity contribution < 1.29 is 23.8 Å². The van der Waals surface area contributed by atoms with Crippen molar-refractivity contribution in [3.8, 4) is 11.5 Å². The summed E-state index contributed by atoms with van der Waals surface area (Å²) in [6.07, 6.45) is 1.73. The summed E-state index contributed by atoms with van der Waals surface area (Å²) in [5, 5.41) is 0. The number of benzene rings is 2. The number of rotatable bonds is 6. The number of carbonyl (C=O) groups excluding carboxylic acids is 2. The first-order valence-electron chi connectivity index (χ1n) is 10.9. The van der Waals surface area contributed by atoms with Gasteiger partial charge in [0.25, 0.3) is 5.56 Å². The maximum atomic E-state index is 13.6. The molecule has 180 valence electrons. The molecule has 0 spiro atoms. The van der Waals surface area contributed by atoms with Crippen LogP contribution >= 0.6 is 11.3 Å². The average Bonchev–Trinajstić information content (AvgIpc) is 3.14. The Morgan fingerprint density at radius 1 is 1.14 bits per heavy atom. The summed E-state index contributed by atoms with van der Waals surface area (Å²) in [6, 6.07) is 13.7. The third-order valence-electron chi connectivity index (χ3n) is 5.36. The fourth-order valence-electron chi connectivity index (χ4n) is 3.92. The molecular weight excluding hydrogens is 468 g/mol. The number of hydrogen-bond donors (Lipinski definition) is 0. The number of methoxy groups -OCH3 is 1. The van der Waals surface area contributed by atoms with Gasteiger partial charge in [0, 0.05) is 6.92 Å². The van der Waals surface area contributed by atoms with E-state index in [4.69, 9.17) is 14.2 Å². The minimum Gasteiger partial charge on any atom is -0.490 e. The predicted molar refractivity (Wildman–Crippen MR) is 131 cm³/mol. The van der Waals surface area contributed by atoms with E-state index in [0.717, 1.165) is 5.56 Å². The molecule has 2 aromatic carbocycles. The summed E-state index contributed by atoms with van der Waals surface area (Å²) >= 11 is 1.23. The Hall–Kier alpha value is -3.98. The molecule has 1 unspecified atom stereocenters. The van der Waals surface area contributed by atoms with Crippen molar-refractivity contribution in [3.63, 3.8) is 0 Å². The number of hydrogen-bond acceptors (Lipinski definition) is 8. The maximum Gasteiger partial charge on any atom is 0.338 e. The van der Waals surface area contributed by atoms with Gasteiger partial charge >= 0.3 is 11.9 Å². The number of allylic oxidation sites excluding steroid dienone is 1. The first-order valence-corrected chi connectivity index (χ1v) is 11.8. The highest BCUT2D eigenvalue weighted by Gasteiger charge is 2.32. The smallest absolute Gasteiger partial charge is 0.338 e. The molecule has 9 heteroatoms. The summed E-state index contributed by atoms with van der Waals surface area (Å²) in [4.78, 5) is 42.7. The standard InChI is InChI=1S/C26H24N2O6S/c1-5-33-20-13-17(11-12-19(20)34-16(3)29)14-21-24(30)28-23(18-9-7-6-8-10-18)22(25(31)32-4)15(2)27-26(28)35-21/h6-14,23H,5H2,1-4H3/b21-14-. The van der Waals surface area contributed by atoms with Gasteiger partial charge in [0.05, 0.1) is 35.6 Å². The van der Waals surface area contributed by atoms with E-state index >= 15 is 0 Å². The third-order valence-corrected chi connectivity index (χ3v) is 6.34. The van der Waals surface area contributed by atoms with Crippen LogP contribution in [0.5, 0.6) is 11.5 Å². The van der Waals surface area contributed by atoms with Crippen molar-refractivity contribution in [3.05, 3.63) is 90.6 Å². The number of thiazole rings is 1. The normalized spacial score (nSPS) is 15.3. The molecule has 1 aromatic heterocycles. The van der Waals surface area contributed by atoms with E-state index in [-0.39, 0.29) is 5.56 Å². The van der Waals surface area contributed by atoms with Crippen LogP contribution in [0.25, 0.3) is 6.08 Å². The van der Waals surface area contributed by atoms with E-state index < -0.39 is 18.0 Å². The zero-order valence-corrected chi connectivity index (χ0v) is 20.5. The van der Waals surface area contributed by atoms with Gasteiger partial charge < -0.3 is 14.2 Å². The molecule has 2 heterocycles. The van der Waals surface area contributed by atoms with Crippen LogP contribution in [0, 0.1) is 0 Å². The van der Waals surface area contributed by atoms with E-state index in [1.54, 1.807) is 31.2 Å². The number of fused-ring (bicyclic) bond motifs is 1. The molecule has 8 nitrogen and oxygen atoms in total. The second-order valence-electron chi connectivity index (χ2n) is 7.72. The molecule has 1 atom stereocenters. The molecule has 0 saturated heterocycles. The molecule has 4 rings (SSSR count). The van der Waals surface area contributed by atoms with Crippen LogP contribution < -0.4 is 24.4 Å². The fraction of sp³-hybridized carbons (Fsp3) is 0.231. The van der Waals surface area contributed by atoms with Crippen molar-refractivity contribution >= 4 is 29.4 Å². The summed E-state index contributed by atoms with van der Waals surface area (Å²) in [5.41, 5.74) is 2.01. The van der Waals surface area contributed by atoms with E-state index in [0.29, 0.717) is 44.3 Å². The van der Waals surface area contributed by atoms with Gasteiger partial charge in [0.2, 0.25) is 0 Å². The molecule has 0 bridgehead atoms. The highest BCUT2D eigenvalue weighted by Crippen LogP contribution is 2.31. The van der Waals surface area contributed by atoms with Crippen molar-refractivity contribution in [1.29, 1.82) is 0 Å². The lowest BCUT2D eigenvalue weighted by Gasteiger charge is -2.24. The molecular formula is C26H24N2O6S. The van der Waals surface area contributed by atoms with E-state index in [9.17, 15) is 14.4 Å². The average molecular weight is 493 g/mol. The second kappa shape index (κ2) is 10.1. The van der Waals surface area contributed by atoms with Gasteiger partial charge in [-0.2, -0.15) is 0 Å². The van der Waals surface area contributed by atoms with Crippen molar-refractivity contribution in [2.45, 2.75) is 26.8 Å². The Morgan fingerprint density at radius 2 is 1.89 bits per heavy atom. The summed E-state index contributed by atoms with van der Waals surface area (Å²) in [7, 11) is 1.31. The van der Waals surface area contributed by atoms with Crippen LogP contribution in [0.2, 0.25) is 0 Å². The number of aromatic nitrogens is 1. The highest BCUT2D eigenvalue weighted by atomic mass is 32.1. The van der Waals surface area contributed by atoms with E-state index in [1.165, 1.54) is 29.9 Å². The predicted octanol–water partition coefficient (Wildman–Crippen LogP) is 2.73. The molecule has 0 N–H and O–H groups in total. The second-order valence-corrected chi connectivity index (χ2v) is 8.73. The van der Waals surface area contributed by atoms with Gasteiger partial charge in [-0.1, -0.05) is 47.7 Å². The van der Waals surface area contributed by atoms with E-state index in [1.807, 2.05) is 37.3 Å². The third kappa shape index (κ3) is 4.81. The Kier molecular flexibility index (Phi) is 6.97. The topological polar surface area (TPSA) is 96.2 Å². The lowest BCUT2D eigenvalue weighted by Crippen LogP contribution is -2.39. The molecule has 0 saturated carbocycles. The van der Waals surface area contributed by atoms with Gasteiger partial charge in [0.15, 0.2) is 16.3 Å². The zero-order valence-electron chi connectivity index (χ0n) is 19.7. The summed E-state index contributed by atoms with van der Waals surface area (Å²) in [5.74, 6) is -0.280. The summed E-state index contributed by atoms with van der Waals surface area (Å²) in [6.45, 7) is 5.26. The minimum absolute atomic E-state index is 0.279. The molecule has 0 aliphatic carbocycles. The number of nitrogens with zero attached hydrogens (tertiary/aromatic N) is 2. The largest absolute Gasteiger partial charge is 0.490 e. The molecule has 0 radical (unpaired) electrons. The van der Waals surface area contributed by atoms with Crippen LogP contribution in [-0.2, 0) is 14.3 Å². The van der Waals surface area contributed by atoms with Crippen LogP contribution in [0.3, 0.4) is 0 Å². The van der Waals surface area contributed by atoms with Crippen LogP contribution in [-0.4, -0.2) is 30.2 Å². The quantitative estimate of drug-likeness (QED) is 0.388. The fourth-order valence-corrected chi connectivity index (χ4v) is 4.96. The zero-order chi connectivity index (χ0) is 25.1. The van der Waals surface area contributed by atoms with Crippen LogP contribution in [0.4, 0.5) is 0 Å². The monoisotopic (exact) mass is 492 g/mol. The van der Waals surface area contributed by atoms with E-state index in [2.05, 4.69) is 4.99 Å². The highest BCUT2D eigenvalue weighted by molar-refractivity contribution is 7.07. The number of ether oxygens (including phenoxy) is 3. The SMILES string of the molecule is CCOc1cc(/C=c2\sc3n(c2=O)C(c2ccccc2)C(C(=O)OC)=C(C)N=3)ccc1OC(C)=O. The van der Waals surface area contributed by atoms with Gasteiger partial charge in [-0.05, 0) is 43.2 Å². The Balaban J connectivity index is 1.88. The molecule has 35 heavy (non-hydrogen) atoms. The van der Waals surface area contributed by atoms with Gasteiger partial charge in [-0.3, -0.25) is 14.2 Å². The maximum absolute atomic E-state index is 13.6. The Labute approximate surface area is 205 Å². The lowest BCUT2D eigenvalue weighted by molar-refractivity contribution is -0.136. The van der Waals surface area contributed by atoms with Gasteiger partial charge in [-0.25, -0.2) is 9.79 Å². The van der Waals surface area contributed by atoms with Gasteiger partial charge in [0.1, 0.15) is 0 Å². The number of carbonyl (C=O) groups is 2. The minimum atomic E-state index is -0.660. The van der Waals surface area contributed by atoms with Gasteiger partial charge in [-0.15, -0.1) is 0 Å². The molecule has 0 amide bonds. The lowest BCUT2D eigenvalue weighted by atomic mass is 9.96. The Bertz CT molecular complexity index is 1500. The van der Waals surface area contributed by atoms with Crippen molar-refractivity contribution in [1.82, 2.24) is 4.57 Å². The molecule has 3 aromatic rings. The molecule has 1 aliphatic heterocycles. The Morgan fingerprint density at radius 3 is 2.54 bits per heavy atom. The first-order chi connectivity index (χ1) is 16.8. The van der Waals surface area contributed by atoms with Crippen molar-refractivity contribution in [2.75, 3.05) is 13.7 Å². The first kappa shape index (κ1) is 24.2. The molecule has 0 fully saturated rings. The van der Waals surface area contributed by atoms with Crippen LogP contribution in [0.1, 0.15) is 37.9 Å². The van der Waals surface area contributed by atoms with Crippen molar-refractivity contribution in [2.24, 2.45) is 4.99 Å². The molecule has 1 aliphatic rings.